The van der Waals surface area contributed by atoms with Gasteiger partial charge in [-0.15, -0.1) is 0 Å². The van der Waals surface area contributed by atoms with E-state index < -0.39 is 28.5 Å². The van der Waals surface area contributed by atoms with Crippen molar-refractivity contribution in [3.05, 3.63) is 90.0 Å². The maximum Gasteiger partial charge on any atom is 0.264 e. The van der Waals surface area contributed by atoms with Gasteiger partial charge in [-0.25, -0.2) is 8.42 Å². The number of amides is 2. The molecule has 3 rings (SSSR count). The molecule has 0 aliphatic rings. The van der Waals surface area contributed by atoms with Gasteiger partial charge in [0.15, 0.2) is 0 Å². The lowest BCUT2D eigenvalue weighted by atomic mass is 10.1. The molecule has 37 heavy (non-hydrogen) atoms. The van der Waals surface area contributed by atoms with Crippen molar-refractivity contribution in [2.75, 3.05) is 24.5 Å². The van der Waals surface area contributed by atoms with Crippen LogP contribution in [0, 0.1) is 6.92 Å². The molecule has 8 nitrogen and oxygen atoms in total. The summed E-state index contributed by atoms with van der Waals surface area (Å²) >= 11 is 0. The Morgan fingerprint density at radius 3 is 2.14 bits per heavy atom. The smallest absolute Gasteiger partial charge is 0.264 e. The van der Waals surface area contributed by atoms with E-state index in [0.717, 1.165) is 15.4 Å². The van der Waals surface area contributed by atoms with Gasteiger partial charge >= 0.3 is 0 Å². The second-order valence-corrected chi connectivity index (χ2v) is 10.5. The summed E-state index contributed by atoms with van der Waals surface area (Å²) in [4.78, 5) is 27.9. The quantitative estimate of drug-likeness (QED) is 0.413. The number of rotatable bonds is 11. The number of ether oxygens (including phenoxy) is 1. The molecule has 0 heterocycles. The number of nitrogens with zero attached hydrogens (tertiary/aromatic N) is 2. The van der Waals surface area contributed by atoms with Gasteiger partial charge in [-0.05, 0) is 62.7 Å². The molecule has 0 spiro atoms. The first-order chi connectivity index (χ1) is 17.7. The van der Waals surface area contributed by atoms with Crippen LogP contribution < -0.4 is 14.4 Å². The van der Waals surface area contributed by atoms with Gasteiger partial charge < -0.3 is 15.0 Å². The van der Waals surface area contributed by atoms with Gasteiger partial charge in [0.1, 0.15) is 18.3 Å². The van der Waals surface area contributed by atoms with Crippen molar-refractivity contribution in [3.63, 3.8) is 0 Å². The fourth-order valence-corrected chi connectivity index (χ4v) is 5.21. The minimum absolute atomic E-state index is 0.0214. The van der Waals surface area contributed by atoms with Gasteiger partial charge in [-0.3, -0.25) is 13.9 Å². The number of likely N-dealkylation sites (N-methyl/N-ethyl adjacent to an activating group) is 1. The summed E-state index contributed by atoms with van der Waals surface area (Å²) in [6.07, 6.45) is 0. The lowest BCUT2D eigenvalue weighted by molar-refractivity contribution is -0.139. The number of methoxy groups -OCH3 is 1. The first-order valence-corrected chi connectivity index (χ1v) is 13.5. The first kappa shape index (κ1) is 27.7. The van der Waals surface area contributed by atoms with Crippen molar-refractivity contribution in [2.45, 2.75) is 38.3 Å². The van der Waals surface area contributed by atoms with Crippen molar-refractivity contribution in [1.29, 1.82) is 0 Å². The van der Waals surface area contributed by atoms with Crippen molar-refractivity contribution in [2.24, 2.45) is 0 Å². The standard InChI is InChI=1S/C28H33N3O5S/c1-5-29-28(33)22(3)30(19-23-9-7-6-8-10-23)27(32)20-31(24-13-11-21(2)12-14-24)37(34,35)26-17-15-25(36-4)16-18-26/h6-18,22H,5,19-20H2,1-4H3,(H,29,33). The van der Waals surface area contributed by atoms with Gasteiger partial charge in [0, 0.05) is 13.1 Å². The molecule has 3 aromatic rings. The highest BCUT2D eigenvalue weighted by molar-refractivity contribution is 7.92. The summed E-state index contributed by atoms with van der Waals surface area (Å²) in [5, 5.41) is 2.75. The Morgan fingerprint density at radius 1 is 0.946 bits per heavy atom. The molecule has 2 amide bonds. The van der Waals surface area contributed by atoms with E-state index in [1.165, 1.54) is 24.1 Å². The SMILES string of the molecule is CCNC(=O)C(C)N(Cc1ccccc1)C(=O)CN(c1ccc(C)cc1)S(=O)(=O)c1ccc(OC)cc1. The Bertz CT molecular complexity index is 1290. The second-order valence-electron chi connectivity index (χ2n) is 8.60. The number of hydrogen-bond acceptors (Lipinski definition) is 5. The molecule has 196 valence electrons. The van der Waals surface area contributed by atoms with E-state index in [2.05, 4.69) is 5.32 Å². The highest BCUT2D eigenvalue weighted by atomic mass is 32.2. The van der Waals surface area contributed by atoms with Gasteiger partial charge in [-0.2, -0.15) is 0 Å². The molecule has 0 fully saturated rings. The first-order valence-electron chi connectivity index (χ1n) is 12.0. The number of benzene rings is 3. The fourth-order valence-electron chi connectivity index (χ4n) is 3.80. The predicted molar refractivity (Wildman–Crippen MR) is 144 cm³/mol. The Kier molecular flexibility index (Phi) is 9.30. The number of aryl methyl sites for hydroxylation is 1. The molecule has 0 bridgehead atoms. The van der Waals surface area contributed by atoms with Crippen LogP contribution in [0.3, 0.4) is 0 Å². The maximum atomic E-state index is 13.8. The number of carbonyl (C=O) groups excluding carboxylic acids is 2. The molecule has 1 unspecified atom stereocenters. The van der Waals surface area contributed by atoms with E-state index in [1.54, 1.807) is 50.2 Å². The summed E-state index contributed by atoms with van der Waals surface area (Å²) in [5.74, 6) is -0.298. The van der Waals surface area contributed by atoms with Crippen molar-refractivity contribution < 1.29 is 22.7 Å². The molecule has 1 atom stereocenters. The van der Waals surface area contributed by atoms with E-state index in [1.807, 2.05) is 37.3 Å². The third kappa shape index (κ3) is 6.89. The molecular weight excluding hydrogens is 490 g/mol. The van der Waals surface area contributed by atoms with E-state index in [4.69, 9.17) is 4.74 Å². The van der Waals surface area contributed by atoms with Crippen LogP contribution in [0.2, 0.25) is 0 Å². The maximum absolute atomic E-state index is 13.8. The third-order valence-electron chi connectivity index (χ3n) is 5.96. The predicted octanol–water partition coefficient (Wildman–Crippen LogP) is 3.75. The lowest BCUT2D eigenvalue weighted by Crippen LogP contribution is -2.51. The number of sulfonamides is 1. The number of nitrogens with one attached hydrogen (secondary N) is 1. The Balaban J connectivity index is 2.01. The molecule has 0 aromatic heterocycles. The molecule has 0 aliphatic carbocycles. The number of carbonyl (C=O) groups is 2. The Hall–Kier alpha value is -3.85. The zero-order chi connectivity index (χ0) is 27.0. The monoisotopic (exact) mass is 523 g/mol. The molecule has 1 N–H and O–H groups in total. The van der Waals surface area contributed by atoms with E-state index >= 15 is 0 Å². The molecule has 0 aliphatic heterocycles. The van der Waals surface area contributed by atoms with Crippen LogP contribution in [0.25, 0.3) is 0 Å². The summed E-state index contributed by atoms with van der Waals surface area (Å²) in [7, 11) is -2.62. The zero-order valence-electron chi connectivity index (χ0n) is 21.5. The van der Waals surface area contributed by atoms with E-state index in [-0.39, 0.29) is 17.3 Å². The number of hydrogen-bond donors (Lipinski definition) is 1. The normalized spacial score (nSPS) is 11.9. The molecular formula is C28H33N3O5S. The van der Waals surface area contributed by atoms with Crippen LogP contribution in [0.4, 0.5) is 5.69 Å². The minimum Gasteiger partial charge on any atom is -0.497 e. The van der Waals surface area contributed by atoms with E-state index in [0.29, 0.717) is 18.0 Å². The van der Waals surface area contributed by atoms with Gasteiger partial charge in [-0.1, -0.05) is 48.0 Å². The van der Waals surface area contributed by atoms with E-state index in [9.17, 15) is 18.0 Å². The minimum atomic E-state index is -4.12. The summed E-state index contributed by atoms with van der Waals surface area (Å²) in [6.45, 7) is 5.43. The highest BCUT2D eigenvalue weighted by Gasteiger charge is 2.32. The molecule has 0 saturated carbocycles. The summed E-state index contributed by atoms with van der Waals surface area (Å²) in [6, 6.07) is 21.4. The Labute approximate surface area is 218 Å². The van der Waals surface area contributed by atoms with Gasteiger partial charge in [0.05, 0.1) is 17.7 Å². The fraction of sp³-hybridized carbons (Fsp3) is 0.286. The van der Waals surface area contributed by atoms with Gasteiger partial charge in [0.2, 0.25) is 11.8 Å². The van der Waals surface area contributed by atoms with Crippen LogP contribution in [-0.4, -0.2) is 51.4 Å². The van der Waals surface area contributed by atoms with Crippen LogP contribution >= 0.6 is 0 Å². The van der Waals surface area contributed by atoms with Crippen molar-refractivity contribution in [1.82, 2.24) is 10.2 Å². The summed E-state index contributed by atoms with van der Waals surface area (Å²) < 4.78 is 33.8. The summed E-state index contributed by atoms with van der Waals surface area (Å²) in [5.41, 5.74) is 2.12. The molecule has 3 aromatic carbocycles. The largest absolute Gasteiger partial charge is 0.497 e. The molecule has 0 radical (unpaired) electrons. The second kappa shape index (κ2) is 12.4. The molecule has 9 heteroatoms. The molecule has 0 saturated heterocycles. The topological polar surface area (TPSA) is 96.0 Å². The number of anilines is 1. The lowest BCUT2D eigenvalue weighted by Gasteiger charge is -2.32. The van der Waals surface area contributed by atoms with Gasteiger partial charge in [0.25, 0.3) is 10.0 Å². The van der Waals surface area contributed by atoms with Crippen molar-refractivity contribution in [3.8, 4) is 5.75 Å². The van der Waals surface area contributed by atoms with Crippen molar-refractivity contribution >= 4 is 27.5 Å². The third-order valence-corrected chi connectivity index (χ3v) is 7.75. The zero-order valence-corrected chi connectivity index (χ0v) is 22.4. The van der Waals surface area contributed by atoms with Crippen LogP contribution in [0.15, 0.2) is 83.8 Å². The average molecular weight is 524 g/mol. The van der Waals surface area contributed by atoms with Crippen LogP contribution in [-0.2, 0) is 26.2 Å². The van der Waals surface area contributed by atoms with Crippen LogP contribution in [0.1, 0.15) is 25.0 Å². The average Bonchev–Trinajstić information content (AvgIpc) is 2.91. The Morgan fingerprint density at radius 2 is 1.57 bits per heavy atom. The van der Waals surface area contributed by atoms with Crippen LogP contribution in [0.5, 0.6) is 5.75 Å². The highest BCUT2D eigenvalue weighted by Crippen LogP contribution is 2.26.